The summed E-state index contributed by atoms with van der Waals surface area (Å²) in [4.78, 5) is 10.9. The Hall–Kier alpha value is -4.19. The Kier molecular flexibility index (Phi) is 7.18. The zero-order chi connectivity index (χ0) is 23.9. The number of fused-ring (bicyclic) bond motifs is 1. The summed E-state index contributed by atoms with van der Waals surface area (Å²) in [5.41, 5.74) is 3.49. The fourth-order valence-corrected chi connectivity index (χ4v) is 3.56. The van der Waals surface area contributed by atoms with Crippen LogP contribution in [-0.4, -0.2) is 26.8 Å². The number of carbonyl (C=O) groups excluding carboxylic acids is 1. The van der Waals surface area contributed by atoms with Crippen LogP contribution in [0.2, 0.25) is 0 Å². The van der Waals surface area contributed by atoms with Crippen molar-refractivity contribution in [3.63, 3.8) is 0 Å². The Bertz CT molecular complexity index is 1300. The van der Waals surface area contributed by atoms with Crippen LogP contribution >= 0.6 is 0 Å². The standard InChI is InChI=1S/C28H26O6/c1-19(29)32-13-7-10-21-14-23-17-25(34-28(23)27(15-21)31-3)22-11-12-24(26(16-22)30-2)33-18-20-8-5-4-6-9-20/h4-12,14-17H,13,18H2,1-3H3/b10-7+. The van der Waals surface area contributed by atoms with Gasteiger partial charge in [-0.3, -0.25) is 4.79 Å². The molecule has 3 aromatic carbocycles. The highest BCUT2D eigenvalue weighted by molar-refractivity contribution is 5.89. The first-order chi connectivity index (χ1) is 16.6. The van der Waals surface area contributed by atoms with Crippen LogP contribution in [-0.2, 0) is 16.1 Å². The number of carbonyl (C=O) groups is 1. The molecule has 174 valence electrons. The summed E-state index contributed by atoms with van der Waals surface area (Å²) < 4.78 is 28.2. The molecule has 0 saturated carbocycles. The predicted molar refractivity (Wildman–Crippen MR) is 131 cm³/mol. The molecule has 1 heterocycles. The van der Waals surface area contributed by atoms with Gasteiger partial charge in [0.15, 0.2) is 22.8 Å². The van der Waals surface area contributed by atoms with E-state index in [9.17, 15) is 4.79 Å². The van der Waals surface area contributed by atoms with Crippen molar-refractivity contribution in [2.24, 2.45) is 0 Å². The normalized spacial score (nSPS) is 11.0. The number of esters is 1. The van der Waals surface area contributed by atoms with Crippen LogP contribution in [0.15, 0.2) is 77.2 Å². The molecule has 0 saturated heterocycles. The van der Waals surface area contributed by atoms with Crippen molar-refractivity contribution in [3.05, 3.63) is 83.9 Å². The quantitative estimate of drug-likeness (QED) is 0.275. The third kappa shape index (κ3) is 5.41. The molecular formula is C28H26O6. The van der Waals surface area contributed by atoms with Gasteiger partial charge in [0.05, 0.1) is 14.2 Å². The van der Waals surface area contributed by atoms with Crippen LogP contribution in [0.5, 0.6) is 17.2 Å². The molecule has 34 heavy (non-hydrogen) atoms. The highest BCUT2D eigenvalue weighted by atomic mass is 16.5. The van der Waals surface area contributed by atoms with Gasteiger partial charge in [-0.15, -0.1) is 0 Å². The van der Waals surface area contributed by atoms with E-state index in [2.05, 4.69) is 0 Å². The van der Waals surface area contributed by atoms with E-state index in [1.54, 1.807) is 20.3 Å². The molecule has 6 nitrogen and oxygen atoms in total. The SMILES string of the molecule is COc1cc(-c2cc3cc(/C=C/COC(C)=O)cc(OC)c3o2)ccc1OCc1ccccc1. The molecule has 0 amide bonds. The van der Waals surface area contributed by atoms with Gasteiger partial charge in [0.25, 0.3) is 0 Å². The minimum atomic E-state index is -0.316. The van der Waals surface area contributed by atoms with E-state index in [0.29, 0.717) is 35.2 Å². The summed E-state index contributed by atoms with van der Waals surface area (Å²) in [6, 6.07) is 21.5. The van der Waals surface area contributed by atoms with Gasteiger partial charge in [0.2, 0.25) is 0 Å². The lowest BCUT2D eigenvalue weighted by molar-refractivity contribution is -0.139. The summed E-state index contributed by atoms with van der Waals surface area (Å²) in [6.07, 6.45) is 3.65. The second-order valence-corrected chi connectivity index (χ2v) is 7.60. The fourth-order valence-electron chi connectivity index (χ4n) is 3.56. The van der Waals surface area contributed by atoms with Crippen LogP contribution in [0.1, 0.15) is 18.1 Å². The molecule has 4 aromatic rings. The molecule has 0 unspecified atom stereocenters. The molecule has 0 aliphatic rings. The Morgan fingerprint density at radius 2 is 1.71 bits per heavy atom. The Balaban J connectivity index is 1.59. The third-order valence-corrected chi connectivity index (χ3v) is 5.20. The molecule has 6 heteroatoms. The van der Waals surface area contributed by atoms with Crippen molar-refractivity contribution < 1.29 is 28.2 Å². The lowest BCUT2D eigenvalue weighted by atomic mass is 10.1. The minimum Gasteiger partial charge on any atom is -0.493 e. The van der Waals surface area contributed by atoms with Crippen molar-refractivity contribution in [2.45, 2.75) is 13.5 Å². The van der Waals surface area contributed by atoms with Crippen LogP contribution in [0, 0.1) is 0 Å². The lowest BCUT2D eigenvalue weighted by Gasteiger charge is -2.11. The fraction of sp³-hybridized carbons (Fsp3) is 0.179. The Morgan fingerprint density at radius 3 is 2.44 bits per heavy atom. The average Bonchev–Trinajstić information content (AvgIpc) is 3.29. The van der Waals surface area contributed by atoms with E-state index in [4.69, 9.17) is 23.4 Å². The van der Waals surface area contributed by atoms with E-state index in [1.807, 2.05) is 72.8 Å². The van der Waals surface area contributed by atoms with Crippen LogP contribution in [0.25, 0.3) is 28.4 Å². The molecular weight excluding hydrogens is 432 g/mol. The van der Waals surface area contributed by atoms with Gasteiger partial charge in [-0.05, 0) is 53.6 Å². The maximum Gasteiger partial charge on any atom is 0.302 e. The van der Waals surface area contributed by atoms with Crippen molar-refractivity contribution in [3.8, 4) is 28.6 Å². The highest BCUT2D eigenvalue weighted by Gasteiger charge is 2.14. The molecule has 0 spiro atoms. The smallest absolute Gasteiger partial charge is 0.302 e. The zero-order valence-corrected chi connectivity index (χ0v) is 19.4. The molecule has 0 aliphatic heterocycles. The number of furan rings is 1. The summed E-state index contributed by atoms with van der Waals surface area (Å²) in [7, 11) is 3.22. The van der Waals surface area contributed by atoms with Gasteiger partial charge in [-0.25, -0.2) is 0 Å². The first-order valence-corrected chi connectivity index (χ1v) is 10.8. The minimum absolute atomic E-state index is 0.213. The number of ether oxygens (including phenoxy) is 4. The topological polar surface area (TPSA) is 67.1 Å². The van der Waals surface area contributed by atoms with Crippen LogP contribution in [0.3, 0.4) is 0 Å². The number of methoxy groups -OCH3 is 2. The van der Waals surface area contributed by atoms with E-state index in [1.165, 1.54) is 6.92 Å². The van der Waals surface area contributed by atoms with E-state index >= 15 is 0 Å². The molecule has 0 fully saturated rings. The molecule has 0 radical (unpaired) electrons. The summed E-state index contributed by atoms with van der Waals surface area (Å²) in [5, 5.41) is 0.893. The molecule has 4 rings (SSSR count). The van der Waals surface area contributed by atoms with Crippen molar-refractivity contribution >= 4 is 23.0 Å². The number of hydrogen-bond donors (Lipinski definition) is 0. The highest BCUT2D eigenvalue weighted by Crippen LogP contribution is 2.38. The van der Waals surface area contributed by atoms with E-state index < -0.39 is 0 Å². The molecule has 1 aromatic heterocycles. The predicted octanol–water partition coefficient (Wildman–Crippen LogP) is 6.27. The van der Waals surface area contributed by atoms with Gasteiger partial charge >= 0.3 is 5.97 Å². The van der Waals surface area contributed by atoms with Crippen molar-refractivity contribution in [1.29, 1.82) is 0 Å². The number of hydrogen-bond acceptors (Lipinski definition) is 6. The monoisotopic (exact) mass is 458 g/mol. The van der Waals surface area contributed by atoms with Crippen LogP contribution in [0.4, 0.5) is 0 Å². The zero-order valence-electron chi connectivity index (χ0n) is 19.4. The molecule has 0 N–H and O–H groups in total. The van der Waals surface area contributed by atoms with E-state index in [0.717, 1.165) is 22.1 Å². The number of benzene rings is 3. The van der Waals surface area contributed by atoms with Gasteiger partial charge in [0.1, 0.15) is 19.0 Å². The summed E-state index contributed by atoms with van der Waals surface area (Å²) in [6.45, 7) is 2.05. The molecule has 0 bridgehead atoms. The van der Waals surface area contributed by atoms with E-state index in [-0.39, 0.29) is 12.6 Å². The molecule has 0 aliphatic carbocycles. The first-order valence-electron chi connectivity index (χ1n) is 10.8. The van der Waals surface area contributed by atoms with Gasteiger partial charge < -0.3 is 23.4 Å². The van der Waals surface area contributed by atoms with Crippen molar-refractivity contribution in [1.82, 2.24) is 0 Å². The summed E-state index contributed by atoms with van der Waals surface area (Å²) >= 11 is 0. The van der Waals surface area contributed by atoms with Crippen LogP contribution < -0.4 is 14.2 Å². The second kappa shape index (κ2) is 10.6. The maximum atomic E-state index is 10.9. The number of rotatable bonds is 9. The lowest BCUT2D eigenvalue weighted by Crippen LogP contribution is -1.97. The van der Waals surface area contributed by atoms with Gasteiger partial charge in [-0.1, -0.05) is 36.4 Å². The maximum absolute atomic E-state index is 10.9. The Morgan fingerprint density at radius 1 is 0.912 bits per heavy atom. The van der Waals surface area contributed by atoms with Gasteiger partial charge in [0, 0.05) is 17.9 Å². The first kappa shape index (κ1) is 23.0. The van der Waals surface area contributed by atoms with Gasteiger partial charge in [-0.2, -0.15) is 0 Å². The average molecular weight is 459 g/mol. The molecule has 0 atom stereocenters. The largest absolute Gasteiger partial charge is 0.493 e. The second-order valence-electron chi connectivity index (χ2n) is 7.60. The van der Waals surface area contributed by atoms with Crippen molar-refractivity contribution in [2.75, 3.05) is 20.8 Å². The third-order valence-electron chi connectivity index (χ3n) is 5.20. The summed E-state index contributed by atoms with van der Waals surface area (Å²) in [5.74, 6) is 2.26. The Labute approximate surface area is 198 Å².